The van der Waals surface area contributed by atoms with Crippen molar-refractivity contribution in [3.05, 3.63) is 50.9 Å². The lowest BCUT2D eigenvalue weighted by molar-refractivity contribution is 0.0692. The molecule has 0 saturated carbocycles. The van der Waals surface area contributed by atoms with Crippen LogP contribution < -0.4 is 10.6 Å². The summed E-state index contributed by atoms with van der Waals surface area (Å²) in [5.74, 6) is -2.27. The molecule has 0 atom stereocenters. The van der Waals surface area contributed by atoms with Crippen LogP contribution in [0.5, 0.6) is 0 Å². The van der Waals surface area contributed by atoms with Gasteiger partial charge >= 0.3 is 12.0 Å². The molecule has 2 rings (SSSR count). The Balaban J connectivity index is 1.93. The number of benzene rings is 1. The van der Waals surface area contributed by atoms with Crippen LogP contribution in [0.4, 0.5) is 14.9 Å². The SMILES string of the molecule is O=C(NCc1ccc(Cl)s1)Nc1ccc(C(=O)O)c(F)c1. The van der Waals surface area contributed by atoms with Crippen molar-refractivity contribution in [1.82, 2.24) is 5.32 Å². The Morgan fingerprint density at radius 3 is 2.62 bits per heavy atom. The van der Waals surface area contributed by atoms with E-state index >= 15 is 0 Å². The second-order valence-corrected chi connectivity index (χ2v) is 5.81. The first-order chi connectivity index (χ1) is 9.95. The highest BCUT2D eigenvalue weighted by atomic mass is 35.5. The summed E-state index contributed by atoms with van der Waals surface area (Å²) < 4.78 is 14.1. The van der Waals surface area contributed by atoms with Crippen molar-refractivity contribution in [2.75, 3.05) is 5.32 Å². The lowest BCUT2D eigenvalue weighted by Gasteiger charge is -2.07. The first-order valence-electron chi connectivity index (χ1n) is 5.77. The maximum atomic E-state index is 13.4. The van der Waals surface area contributed by atoms with Gasteiger partial charge in [0.2, 0.25) is 0 Å². The van der Waals surface area contributed by atoms with Gasteiger partial charge in [0, 0.05) is 10.6 Å². The molecule has 110 valence electrons. The minimum absolute atomic E-state index is 0.166. The highest BCUT2D eigenvalue weighted by Crippen LogP contribution is 2.21. The van der Waals surface area contributed by atoms with Crippen LogP contribution in [0, 0.1) is 5.82 Å². The third-order valence-electron chi connectivity index (χ3n) is 2.51. The number of carbonyl (C=O) groups excluding carboxylic acids is 1. The van der Waals surface area contributed by atoms with Gasteiger partial charge in [-0.15, -0.1) is 11.3 Å². The van der Waals surface area contributed by atoms with Gasteiger partial charge in [0.1, 0.15) is 5.82 Å². The lowest BCUT2D eigenvalue weighted by Crippen LogP contribution is -2.27. The van der Waals surface area contributed by atoms with Crippen molar-refractivity contribution < 1.29 is 19.1 Å². The molecule has 21 heavy (non-hydrogen) atoms. The Kier molecular flexibility index (Phi) is 4.77. The summed E-state index contributed by atoms with van der Waals surface area (Å²) in [5, 5.41) is 13.7. The van der Waals surface area contributed by atoms with Gasteiger partial charge in [-0.25, -0.2) is 14.0 Å². The van der Waals surface area contributed by atoms with Gasteiger partial charge in [-0.1, -0.05) is 11.6 Å². The first kappa shape index (κ1) is 15.3. The summed E-state index contributed by atoms with van der Waals surface area (Å²) in [4.78, 5) is 23.2. The van der Waals surface area contributed by atoms with Gasteiger partial charge in [0.15, 0.2) is 0 Å². The zero-order valence-corrected chi connectivity index (χ0v) is 12.1. The number of hydrogen-bond donors (Lipinski definition) is 3. The fourth-order valence-electron chi connectivity index (χ4n) is 1.56. The lowest BCUT2D eigenvalue weighted by atomic mass is 10.2. The Morgan fingerprint density at radius 2 is 2.05 bits per heavy atom. The zero-order chi connectivity index (χ0) is 15.4. The molecule has 0 fully saturated rings. The topological polar surface area (TPSA) is 78.4 Å². The van der Waals surface area contributed by atoms with E-state index in [9.17, 15) is 14.0 Å². The Bertz CT molecular complexity index is 690. The standard InChI is InChI=1S/C13H10ClFN2O3S/c14-11-4-2-8(21-11)6-16-13(20)17-7-1-3-9(12(18)19)10(15)5-7/h1-5H,6H2,(H,18,19)(H2,16,17,20). The molecule has 8 heteroatoms. The van der Waals surface area contributed by atoms with Gasteiger partial charge in [0.05, 0.1) is 16.4 Å². The number of carbonyl (C=O) groups is 2. The summed E-state index contributed by atoms with van der Waals surface area (Å²) in [5.41, 5.74) is -0.284. The maximum absolute atomic E-state index is 13.4. The molecule has 1 heterocycles. The molecule has 1 aromatic heterocycles. The molecule has 0 aliphatic carbocycles. The first-order valence-corrected chi connectivity index (χ1v) is 6.97. The fourth-order valence-corrected chi connectivity index (χ4v) is 2.58. The van der Waals surface area contributed by atoms with Crippen LogP contribution in [0.15, 0.2) is 30.3 Å². The molecule has 1 aromatic carbocycles. The van der Waals surface area contributed by atoms with Crippen LogP contribution in [0.3, 0.4) is 0 Å². The van der Waals surface area contributed by atoms with Crippen molar-refractivity contribution >= 4 is 40.6 Å². The summed E-state index contributed by atoms with van der Waals surface area (Å²) in [6, 6.07) is 6.34. The van der Waals surface area contributed by atoms with E-state index in [0.717, 1.165) is 17.0 Å². The Morgan fingerprint density at radius 1 is 1.29 bits per heavy atom. The third kappa shape index (κ3) is 4.17. The molecule has 2 aromatic rings. The van der Waals surface area contributed by atoms with Crippen LogP contribution in [0.25, 0.3) is 0 Å². The number of hydrogen-bond acceptors (Lipinski definition) is 3. The number of anilines is 1. The van der Waals surface area contributed by atoms with E-state index in [1.165, 1.54) is 17.4 Å². The normalized spacial score (nSPS) is 10.2. The zero-order valence-electron chi connectivity index (χ0n) is 10.5. The van der Waals surface area contributed by atoms with Gasteiger partial charge in [-0.3, -0.25) is 0 Å². The molecule has 0 bridgehead atoms. The Hall–Kier alpha value is -2.12. The van der Waals surface area contributed by atoms with Crippen molar-refractivity contribution in [3.8, 4) is 0 Å². The average molecular weight is 329 g/mol. The number of carboxylic acid groups (broad SMARTS) is 1. The summed E-state index contributed by atoms with van der Waals surface area (Å²) >= 11 is 7.11. The summed E-state index contributed by atoms with van der Waals surface area (Å²) in [6.07, 6.45) is 0. The van der Waals surface area contributed by atoms with Crippen LogP contribution in [-0.2, 0) is 6.54 Å². The van der Waals surface area contributed by atoms with Crippen LogP contribution in [0.1, 0.15) is 15.2 Å². The summed E-state index contributed by atoms with van der Waals surface area (Å²) in [6.45, 7) is 0.291. The maximum Gasteiger partial charge on any atom is 0.338 e. The van der Waals surface area contributed by atoms with Gasteiger partial charge < -0.3 is 15.7 Å². The van der Waals surface area contributed by atoms with Crippen LogP contribution in [-0.4, -0.2) is 17.1 Å². The number of rotatable bonds is 4. The molecule has 0 aliphatic heterocycles. The van der Waals surface area contributed by atoms with Crippen molar-refractivity contribution in [2.24, 2.45) is 0 Å². The van der Waals surface area contributed by atoms with E-state index in [-0.39, 0.29) is 5.69 Å². The smallest absolute Gasteiger partial charge is 0.338 e. The molecule has 2 amide bonds. The van der Waals surface area contributed by atoms with Crippen LogP contribution in [0.2, 0.25) is 4.34 Å². The Labute approximate surface area is 128 Å². The molecular weight excluding hydrogens is 319 g/mol. The van der Waals surface area contributed by atoms with Crippen molar-refractivity contribution in [2.45, 2.75) is 6.54 Å². The molecule has 0 aliphatic rings. The van der Waals surface area contributed by atoms with Gasteiger partial charge in [0.25, 0.3) is 0 Å². The number of urea groups is 1. The van der Waals surface area contributed by atoms with E-state index in [4.69, 9.17) is 16.7 Å². The molecule has 0 radical (unpaired) electrons. The molecule has 0 unspecified atom stereocenters. The van der Waals surface area contributed by atoms with E-state index in [0.29, 0.717) is 10.9 Å². The predicted molar refractivity (Wildman–Crippen MR) is 78.5 cm³/mol. The predicted octanol–water partition coefficient (Wildman–Crippen LogP) is 3.56. The number of aromatic carboxylic acids is 1. The molecule has 0 saturated heterocycles. The minimum atomic E-state index is -1.36. The third-order valence-corrected chi connectivity index (χ3v) is 3.74. The monoisotopic (exact) mass is 328 g/mol. The molecular formula is C13H10ClFN2O3S. The minimum Gasteiger partial charge on any atom is -0.478 e. The van der Waals surface area contributed by atoms with Crippen molar-refractivity contribution in [1.29, 1.82) is 0 Å². The quantitative estimate of drug-likeness (QED) is 0.803. The highest BCUT2D eigenvalue weighted by Gasteiger charge is 2.11. The number of halogens is 2. The fraction of sp³-hybridized carbons (Fsp3) is 0.0769. The second-order valence-electron chi connectivity index (χ2n) is 4.01. The highest BCUT2D eigenvalue weighted by molar-refractivity contribution is 7.16. The van der Waals surface area contributed by atoms with E-state index in [1.807, 2.05) is 0 Å². The van der Waals surface area contributed by atoms with Crippen molar-refractivity contribution in [3.63, 3.8) is 0 Å². The van der Waals surface area contributed by atoms with E-state index in [2.05, 4.69) is 10.6 Å². The number of nitrogens with one attached hydrogen (secondary N) is 2. The number of amides is 2. The van der Waals surface area contributed by atoms with E-state index < -0.39 is 23.4 Å². The number of carboxylic acids is 1. The van der Waals surface area contributed by atoms with Crippen LogP contribution >= 0.6 is 22.9 Å². The van der Waals surface area contributed by atoms with E-state index in [1.54, 1.807) is 12.1 Å². The largest absolute Gasteiger partial charge is 0.478 e. The number of thiophene rings is 1. The molecule has 3 N–H and O–H groups in total. The molecule has 0 spiro atoms. The van der Waals surface area contributed by atoms with Gasteiger partial charge in [-0.2, -0.15) is 0 Å². The molecule has 5 nitrogen and oxygen atoms in total. The average Bonchev–Trinajstić information content (AvgIpc) is 2.82. The summed E-state index contributed by atoms with van der Waals surface area (Å²) in [7, 11) is 0. The van der Waals surface area contributed by atoms with Gasteiger partial charge in [-0.05, 0) is 30.3 Å². The second kappa shape index (κ2) is 6.55.